The monoisotopic (exact) mass is 256 g/mol. The Balaban J connectivity index is 2.08. The van der Waals surface area contributed by atoms with Crippen molar-refractivity contribution < 1.29 is 0 Å². The van der Waals surface area contributed by atoms with E-state index in [4.69, 9.17) is 12.2 Å². The van der Waals surface area contributed by atoms with Gasteiger partial charge in [-0.15, -0.1) is 0 Å². The summed E-state index contributed by atoms with van der Waals surface area (Å²) in [5.41, 5.74) is 5.59. The van der Waals surface area contributed by atoms with Crippen LogP contribution in [0, 0.1) is 0 Å². The van der Waals surface area contributed by atoms with Crippen molar-refractivity contribution in [2.75, 3.05) is 5.43 Å². The fourth-order valence-electron chi connectivity index (χ4n) is 1.66. The molecule has 0 aromatic heterocycles. The van der Waals surface area contributed by atoms with Gasteiger partial charge in [-0.25, -0.2) is 0 Å². The molecule has 0 saturated heterocycles. The summed E-state index contributed by atoms with van der Waals surface area (Å²) < 4.78 is 0. The van der Waals surface area contributed by atoms with Gasteiger partial charge < -0.3 is 0 Å². The van der Waals surface area contributed by atoms with Crippen LogP contribution in [0.2, 0.25) is 0 Å². The highest BCUT2D eigenvalue weighted by atomic mass is 32.1. The Morgan fingerprint density at radius 1 is 1.00 bits per heavy atom. The van der Waals surface area contributed by atoms with E-state index in [0.717, 1.165) is 17.2 Å². The lowest BCUT2D eigenvalue weighted by Crippen LogP contribution is -2.32. The zero-order valence-electron chi connectivity index (χ0n) is 10.3. The Kier molecular flexibility index (Phi) is 4.31. The average Bonchev–Trinajstić information content (AvgIpc) is 2.40. The second-order valence-electron chi connectivity index (χ2n) is 4.07. The summed E-state index contributed by atoms with van der Waals surface area (Å²) in [6.07, 6.45) is 0. The Labute approximate surface area is 113 Å². The van der Waals surface area contributed by atoms with Crippen LogP contribution in [-0.4, -0.2) is 10.00 Å². The first-order chi connectivity index (χ1) is 8.75. The third-order valence-corrected chi connectivity index (χ3v) is 2.82. The van der Waals surface area contributed by atoms with Crippen LogP contribution in [0.3, 0.4) is 0 Å². The molecule has 0 fully saturated rings. The molecule has 0 radical (unpaired) electrons. The fourth-order valence-corrected chi connectivity index (χ4v) is 1.77. The predicted octanol–water partition coefficient (Wildman–Crippen LogP) is 3.86. The molecule has 1 N–H and O–H groups in total. The number of thiocarbonyl (C=S) groups is 1. The predicted molar refractivity (Wildman–Crippen MR) is 80.3 cm³/mol. The van der Waals surface area contributed by atoms with E-state index in [1.54, 1.807) is 0 Å². The Bertz CT molecular complexity index is 455. The van der Waals surface area contributed by atoms with Gasteiger partial charge in [0.05, 0.1) is 17.2 Å². The van der Waals surface area contributed by atoms with Crippen LogP contribution in [-0.2, 0) is 6.54 Å². The van der Waals surface area contributed by atoms with E-state index >= 15 is 0 Å². The maximum Gasteiger partial charge on any atom is 0.0944 e. The first-order valence-corrected chi connectivity index (χ1v) is 6.30. The molecule has 0 amide bonds. The van der Waals surface area contributed by atoms with Gasteiger partial charge in [0.25, 0.3) is 0 Å². The van der Waals surface area contributed by atoms with E-state index in [1.165, 1.54) is 5.56 Å². The fraction of sp³-hybridized carbons (Fsp3) is 0.133. The van der Waals surface area contributed by atoms with Gasteiger partial charge in [-0.1, -0.05) is 60.7 Å². The summed E-state index contributed by atoms with van der Waals surface area (Å²) >= 11 is 5.28. The molecule has 0 saturated carbocycles. The maximum atomic E-state index is 5.28. The van der Waals surface area contributed by atoms with Crippen LogP contribution in [0.1, 0.15) is 12.5 Å². The van der Waals surface area contributed by atoms with Gasteiger partial charge in [-0.05, 0) is 24.6 Å². The third kappa shape index (κ3) is 3.57. The number of nitrogens with one attached hydrogen (secondary N) is 1. The Morgan fingerprint density at radius 2 is 1.56 bits per heavy atom. The molecule has 0 aliphatic rings. The van der Waals surface area contributed by atoms with Crippen LogP contribution in [0.25, 0.3) is 0 Å². The molecular weight excluding hydrogens is 240 g/mol. The van der Waals surface area contributed by atoms with Crippen LogP contribution in [0.4, 0.5) is 5.69 Å². The smallest absolute Gasteiger partial charge is 0.0944 e. The van der Waals surface area contributed by atoms with Crippen LogP contribution >= 0.6 is 12.2 Å². The minimum Gasteiger partial charge on any atom is -0.298 e. The van der Waals surface area contributed by atoms with E-state index < -0.39 is 0 Å². The highest BCUT2D eigenvalue weighted by Crippen LogP contribution is 2.10. The van der Waals surface area contributed by atoms with Crippen LogP contribution < -0.4 is 5.43 Å². The number of benzene rings is 2. The molecule has 92 valence electrons. The van der Waals surface area contributed by atoms with Gasteiger partial charge in [0.1, 0.15) is 0 Å². The molecule has 2 aromatic carbocycles. The molecule has 0 aliphatic carbocycles. The van der Waals surface area contributed by atoms with Gasteiger partial charge in [0.2, 0.25) is 0 Å². The average molecular weight is 256 g/mol. The van der Waals surface area contributed by atoms with Crippen LogP contribution in [0.5, 0.6) is 0 Å². The van der Waals surface area contributed by atoms with Crippen molar-refractivity contribution in [2.24, 2.45) is 0 Å². The van der Waals surface area contributed by atoms with E-state index in [-0.39, 0.29) is 0 Å². The lowest BCUT2D eigenvalue weighted by molar-refractivity contribution is 0.498. The molecule has 0 unspecified atom stereocenters. The zero-order valence-corrected chi connectivity index (χ0v) is 11.2. The summed E-state index contributed by atoms with van der Waals surface area (Å²) in [6, 6.07) is 20.3. The molecular formula is C15H16N2S. The lowest BCUT2D eigenvalue weighted by Gasteiger charge is -2.25. The highest BCUT2D eigenvalue weighted by molar-refractivity contribution is 7.80. The summed E-state index contributed by atoms with van der Waals surface area (Å²) in [5.74, 6) is 0. The summed E-state index contributed by atoms with van der Waals surface area (Å²) in [5, 5.41) is 1.97. The third-order valence-electron chi connectivity index (χ3n) is 2.60. The molecule has 3 heteroatoms. The Morgan fingerprint density at radius 3 is 2.11 bits per heavy atom. The standard InChI is InChI=1S/C15H16N2S/c1-13(18)17(12-14-8-4-2-5-9-14)16-15-10-6-3-7-11-15/h2-11,16H,12H2,1H3. The molecule has 0 aliphatic heterocycles. The van der Waals surface area contributed by atoms with Gasteiger partial charge in [-0.3, -0.25) is 10.4 Å². The van der Waals surface area contributed by atoms with Crippen molar-refractivity contribution in [1.29, 1.82) is 0 Å². The van der Waals surface area contributed by atoms with E-state index in [2.05, 4.69) is 17.6 Å². The van der Waals surface area contributed by atoms with Gasteiger partial charge in [-0.2, -0.15) is 0 Å². The van der Waals surface area contributed by atoms with Crippen molar-refractivity contribution in [2.45, 2.75) is 13.5 Å². The van der Waals surface area contributed by atoms with Gasteiger partial charge in [0, 0.05) is 0 Å². The van der Waals surface area contributed by atoms with Crippen molar-refractivity contribution in [1.82, 2.24) is 5.01 Å². The van der Waals surface area contributed by atoms with Crippen molar-refractivity contribution in [3.63, 3.8) is 0 Å². The summed E-state index contributed by atoms with van der Waals surface area (Å²) in [6.45, 7) is 2.68. The van der Waals surface area contributed by atoms with E-state index in [9.17, 15) is 0 Å². The van der Waals surface area contributed by atoms with Crippen LogP contribution in [0.15, 0.2) is 60.7 Å². The zero-order chi connectivity index (χ0) is 12.8. The van der Waals surface area contributed by atoms with Gasteiger partial charge in [0.15, 0.2) is 0 Å². The van der Waals surface area contributed by atoms with Gasteiger partial charge >= 0.3 is 0 Å². The second-order valence-corrected chi connectivity index (χ2v) is 4.66. The summed E-state index contributed by atoms with van der Waals surface area (Å²) in [7, 11) is 0. The number of hydrazine groups is 1. The van der Waals surface area contributed by atoms with Crippen molar-refractivity contribution in [3.8, 4) is 0 Å². The molecule has 0 bridgehead atoms. The minimum atomic E-state index is 0.755. The largest absolute Gasteiger partial charge is 0.298 e. The summed E-state index contributed by atoms with van der Waals surface area (Å²) in [4.78, 5) is 0.822. The minimum absolute atomic E-state index is 0.755. The van der Waals surface area contributed by atoms with Crippen molar-refractivity contribution in [3.05, 3.63) is 66.2 Å². The topological polar surface area (TPSA) is 15.3 Å². The van der Waals surface area contributed by atoms with E-state index in [0.29, 0.717) is 0 Å². The molecule has 0 spiro atoms. The molecule has 0 heterocycles. The SMILES string of the molecule is CC(=S)N(Cc1ccccc1)Nc1ccccc1. The molecule has 2 aromatic rings. The Hall–Kier alpha value is -1.87. The second kappa shape index (κ2) is 6.17. The molecule has 0 atom stereocenters. The maximum absolute atomic E-state index is 5.28. The normalized spacial score (nSPS) is 9.83. The number of nitrogens with zero attached hydrogens (tertiary/aromatic N) is 1. The van der Waals surface area contributed by atoms with Crippen molar-refractivity contribution >= 4 is 22.9 Å². The first-order valence-electron chi connectivity index (χ1n) is 5.89. The number of hydrogen-bond donors (Lipinski definition) is 1. The molecule has 2 nitrogen and oxygen atoms in total. The number of para-hydroxylation sites is 1. The lowest BCUT2D eigenvalue weighted by atomic mass is 10.2. The number of rotatable bonds is 4. The molecule has 18 heavy (non-hydrogen) atoms. The quantitative estimate of drug-likeness (QED) is 0.660. The highest BCUT2D eigenvalue weighted by Gasteiger charge is 2.06. The first kappa shape index (κ1) is 12.6. The number of hydrogen-bond acceptors (Lipinski definition) is 2. The molecule has 2 rings (SSSR count). The van der Waals surface area contributed by atoms with E-state index in [1.807, 2.05) is 60.5 Å². The number of anilines is 1.